The molecule has 1 amide bonds. The zero-order valence-corrected chi connectivity index (χ0v) is 18.7. The first-order valence-corrected chi connectivity index (χ1v) is 12.2. The summed E-state index contributed by atoms with van der Waals surface area (Å²) in [5.41, 5.74) is 0.837. The maximum atomic E-state index is 13.8. The Morgan fingerprint density at radius 2 is 1.78 bits per heavy atom. The first kappa shape index (κ1) is 22.4. The molecular formula is C21H20F2N4O3S2. The molecule has 1 fully saturated rings. The van der Waals surface area contributed by atoms with Crippen LogP contribution in [0.25, 0.3) is 0 Å². The van der Waals surface area contributed by atoms with Gasteiger partial charge in [-0.05, 0) is 44.0 Å². The predicted molar refractivity (Wildman–Crippen MR) is 116 cm³/mol. The smallest absolute Gasteiger partial charge is 0.286 e. The highest BCUT2D eigenvalue weighted by Gasteiger charge is 2.31. The fourth-order valence-corrected chi connectivity index (χ4v) is 5.84. The Labute approximate surface area is 188 Å². The van der Waals surface area contributed by atoms with E-state index in [0.29, 0.717) is 37.0 Å². The number of aromatic nitrogens is 2. The topological polar surface area (TPSA) is 92.3 Å². The lowest BCUT2D eigenvalue weighted by atomic mass is 9.99. The highest BCUT2D eigenvalue weighted by molar-refractivity contribution is 7.89. The molecule has 1 aliphatic heterocycles. The number of hydrogen-bond donors (Lipinski definition) is 1. The summed E-state index contributed by atoms with van der Waals surface area (Å²) in [6, 6.07) is 9.61. The van der Waals surface area contributed by atoms with Crippen molar-refractivity contribution < 1.29 is 22.0 Å². The Morgan fingerprint density at radius 1 is 1.09 bits per heavy atom. The number of hydrogen-bond acceptors (Lipinski definition) is 6. The molecule has 1 aliphatic rings. The first-order chi connectivity index (χ1) is 15.2. The van der Waals surface area contributed by atoms with Gasteiger partial charge in [0.2, 0.25) is 15.0 Å². The van der Waals surface area contributed by atoms with Gasteiger partial charge >= 0.3 is 0 Å². The van der Waals surface area contributed by atoms with Crippen LogP contribution in [0.5, 0.6) is 0 Å². The molecule has 4 rings (SSSR count). The lowest BCUT2D eigenvalue weighted by molar-refractivity contribution is 0.102. The van der Waals surface area contributed by atoms with Gasteiger partial charge in [0, 0.05) is 25.1 Å². The van der Waals surface area contributed by atoms with Crippen LogP contribution in [0.1, 0.15) is 39.1 Å². The van der Waals surface area contributed by atoms with Gasteiger partial charge in [-0.1, -0.05) is 29.0 Å². The maximum absolute atomic E-state index is 13.8. The average Bonchev–Trinajstić information content (AvgIpc) is 3.27. The molecule has 0 spiro atoms. The van der Waals surface area contributed by atoms with E-state index in [0.717, 1.165) is 29.0 Å². The van der Waals surface area contributed by atoms with Crippen LogP contribution in [-0.2, 0) is 10.0 Å². The summed E-state index contributed by atoms with van der Waals surface area (Å²) in [4.78, 5) is 12.6. The van der Waals surface area contributed by atoms with E-state index in [4.69, 9.17) is 0 Å². The third-order valence-electron chi connectivity index (χ3n) is 5.28. The molecule has 0 saturated carbocycles. The molecule has 0 atom stereocenters. The maximum Gasteiger partial charge on any atom is 0.286 e. The number of aryl methyl sites for hydroxylation is 1. The summed E-state index contributed by atoms with van der Waals surface area (Å²) < 4.78 is 53.9. The van der Waals surface area contributed by atoms with Crippen molar-refractivity contribution in [1.29, 1.82) is 0 Å². The molecule has 1 N–H and O–H groups in total. The minimum absolute atomic E-state index is 0.0268. The summed E-state index contributed by atoms with van der Waals surface area (Å²) in [7, 11) is -3.56. The van der Waals surface area contributed by atoms with Crippen molar-refractivity contribution in [2.75, 3.05) is 18.4 Å². The number of nitrogens with zero attached hydrogens (tertiary/aromatic N) is 3. The van der Waals surface area contributed by atoms with Crippen molar-refractivity contribution in [3.63, 3.8) is 0 Å². The van der Waals surface area contributed by atoms with Crippen molar-refractivity contribution in [1.82, 2.24) is 14.5 Å². The van der Waals surface area contributed by atoms with Gasteiger partial charge in [0.15, 0.2) is 0 Å². The normalized spacial score (nSPS) is 15.6. The van der Waals surface area contributed by atoms with Crippen molar-refractivity contribution >= 4 is 33.0 Å². The van der Waals surface area contributed by atoms with Crippen LogP contribution in [0, 0.1) is 18.6 Å². The second kappa shape index (κ2) is 9.00. The van der Waals surface area contributed by atoms with E-state index >= 15 is 0 Å². The van der Waals surface area contributed by atoms with Gasteiger partial charge in [-0.15, -0.1) is 10.2 Å². The summed E-state index contributed by atoms with van der Waals surface area (Å²) in [5.74, 6) is -2.29. The van der Waals surface area contributed by atoms with E-state index in [1.165, 1.54) is 4.31 Å². The summed E-state index contributed by atoms with van der Waals surface area (Å²) in [6.07, 6.45) is 1.10. The number of carbonyl (C=O) groups is 1. The van der Waals surface area contributed by atoms with E-state index in [1.807, 2.05) is 6.92 Å². The zero-order chi connectivity index (χ0) is 22.9. The van der Waals surface area contributed by atoms with Gasteiger partial charge < -0.3 is 5.32 Å². The number of rotatable bonds is 5. The molecule has 0 unspecified atom stereocenters. The molecular weight excluding hydrogens is 458 g/mol. The van der Waals surface area contributed by atoms with Crippen LogP contribution >= 0.6 is 11.3 Å². The van der Waals surface area contributed by atoms with Gasteiger partial charge in [-0.2, -0.15) is 4.31 Å². The number of nitrogens with one attached hydrogen (secondary N) is 1. The Balaban J connectivity index is 1.39. The fraction of sp³-hybridized carbons (Fsp3) is 0.286. The average molecular weight is 479 g/mol. The van der Waals surface area contributed by atoms with Crippen LogP contribution < -0.4 is 5.32 Å². The van der Waals surface area contributed by atoms with Crippen molar-refractivity contribution in [2.45, 2.75) is 30.6 Å². The molecule has 0 aliphatic carbocycles. The molecule has 168 valence electrons. The summed E-state index contributed by atoms with van der Waals surface area (Å²) in [6.45, 7) is 2.57. The van der Waals surface area contributed by atoms with Gasteiger partial charge in [-0.3, -0.25) is 4.79 Å². The van der Waals surface area contributed by atoms with Gasteiger partial charge in [0.05, 0.1) is 10.6 Å². The van der Waals surface area contributed by atoms with Crippen LogP contribution in [-0.4, -0.2) is 41.9 Å². The molecule has 1 aromatic heterocycles. The summed E-state index contributed by atoms with van der Waals surface area (Å²) in [5, 5.41) is 11.0. The van der Waals surface area contributed by atoms with Crippen LogP contribution in [0.15, 0.2) is 47.4 Å². The van der Waals surface area contributed by atoms with Crippen LogP contribution in [0.3, 0.4) is 0 Å². The SMILES string of the molecule is Cc1ccc(S(=O)(=O)N2CCC(c3nnc(C(=O)Nc4ccc(F)cc4F)s3)CC2)cc1. The monoisotopic (exact) mass is 478 g/mol. The predicted octanol–water partition coefficient (Wildman–Crippen LogP) is 3.95. The third-order valence-corrected chi connectivity index (χ3v) is 8.27. The zero-order valence-electron chi connectivity index (χ0n) is 17.1. The molecule has 11 heteroatoms. The van der Waals surface area contributed by atoms with Crippen LogP contribution in [0.2, 0.25) is 0 Å². The molecule has 0 bridgehead atoms. The number of amides is 1. The van der Waals surface area contributed by atoms with Crippen LogP contribution in [0.4, 0.5) is 14.5 Å². The van der Waals surface area contributed by atoms with Crippen molar-refractivity contribution in [3.8, 4) is 0 Å². The standard InChI is InChI=1S/C21H20F2N4O3S2/c1-13-2-5-16(6-3-13)32(29,30)27-10-8-14(9-11-27)20-25-26-21(31-20)19(28)24-18-7-4-15(22)12-17(18)23/h2-7,12,14H,8-11H2,1H3,(H,24,28). The largest absolute Gasteiger partial charge is 0.317 e. The van der Waals surface area contributed by atoms with Gasteiger partial charge in [-0.25, -0.2) is 17.2 Å². The van der Waals surface area contributed by atoms with E-state index in [9.17, 15) is 22.0 Å². The molecule has 0 radical (unpaired) electrons. The highest BCUT2D eigenvalue weighted by Crippen LogP contribution is 2.32. The Kier molecular flexibility index (Phi) is 6.31. The third kappa shape index (κ3) is 4.69. The van der Waals surface area contributed by atoms with E-state index in [-0.39, 0.29) is 21.5 Å². The molecule has 32 heavy (non-hydrogen) atoms. The number of carbonyl (C=O) groups excluding carboxylic acids is 1. The number of sulfonamides is 1. The molecule has 7 nitrogen and oxygen atoms in total. The first-order valence-electron chi connectivity index (χ1n) is 9.90. The second-order valence-corrected chi connectivity index (χ2v) is 10.5. The van der Waals surface area contributed by atoms with E-state index < -0.39 is 27.6 Å². The molecule has 3 aromatic rings. The number of halogens is 2. The fourth-order valence-electron chi connectivity index (χ4n) is 3.46. The Morgan fingerprint density at radius 3 is 2.44 bits per heavy atom. The minimum atomic E-state index is -3.56. The van der Waals surface area contributed by atoms with Gasteiger partial charge in [0.25, 0.3) is 5.91 Å². The van der Waals surface area contributed by atoms with Crippen molar-refractivity contribution in [2.24, 2.45) is 0 Å². The lowest BCUT2D eigenvalue weighted by Gasteiger charge is -2.30. The number of anilines is 1. The second-order valence-electron chi connectivity index (χ2n) is 7.52. The van der Waals surface area contributed by atoms with E-state index in [2.05, 4.69) is 15.5 Å². The summed E-state index contributed by atoms with van der Waals surface area (Å²) >= 11 is 1.08. The number of benzene rings is 2. The quantitative estimate of drug-likeness (QED) is 0.600. The molecule has 2 heterocycles. The molecule has 1 saturated heterocycles. The number of piperidine rings is 1. The van der Waals surface area contributed by atoms with Gasteiger partial charge in [0.1, 0.15) is 16.6 Å². The Bertz CT molecular complexity index is 1240. The lowest BCUT2D eigenvalue weighted by Crippen LogP contribution is -2.37. The van der Waals surface area contributed by atoms with Crippen molar-refractivity contribution in [3.05, 3.63) is 69.7 Å². The molecule has 2 aromatic carbocycles. The Hall–Kier alpha value is -2.76. The minimum Gasteiger partial charge on any atom is -0.317 e. The van der Waals surface area contributed by atoms with E-state index in [1.54, 1.807) is 24.3 Å². The highest BCUT2D eigenvalue weighted by atomic mass is 32.2.